The van der Waals surface area contributed by atoms with Crippen molar-refractivity contribution in [3.8, 4) is 0 Å². The molecule has 2 aliphatic rings. The molecule has 0 aromatic rings. The normalized spacial score (nSPS) is 41.9. The predicted molar refractivity (Wildman–Crippen MR) is 56.5 cm³/mol. The van der Waals surface area contributed by atoms with Gasteiger partial charge in [0.25, 0.3) is 0 Å². The van der Waals surface area contributed by atoms with Crippen LogP contribution in [0.1, 0.15) is 47.0 Å². The van der Waals surface area contributed by atoms with Crippen LogP contribution in [0.25, 0.3) is 0 Å². The molecule has 0 bridgehead atoms. The monoisotopic (exact) mass is 212 g/mol. The Balaban J connectivity index is 2.29. The molecule has 0 N–H and O–H groups in total. The summed E-state index contributed by atoms with van der Waals surface area (Å²) in [5, 5.41) is 0. The van der Waals surface area contributed by atoms with Crippen molar-refractivity contribution < 1.29 is 14.3 Å². The summed E-state index contributed by atoms with van der Waals surface area (Å²) in [6.07, 6.45) is 3.13. The summed E-state index contributed by atoms with van der Waals surface area (Å²) in [7, 11) is 0. The number of ether oxygens (including phenoxy) is 2. The lowest BCUT2D eigenvalue weighted by Gasteiger charge is -2.36. The highest BCUT2D eigenvalue weighted by Gasteiger charge is 2.79. The molecule has 1 aliphatic heterocycles. The largest absolute Gasteiger partial charge is 0.464 e. The third-order valence-electron chi connectivity index (χ3n) is 4.05. The molecule has 3 heteroatoms. The second kappa shape index (κ2) is 2.97. The first-order valence-electron chi connectivity index (χ1n) is 5.77. The molecular formula is C12H20O3. The molecule has 1 saturated carbocycles. The summed E-state index contributed by atoms with van der Waals surface area (Å²) in [4.78, 5) is 12.0. The molecule has 1 saturated heterocycles. The van der Waals surface area contributed by atoms with Gasteiger partial charge in [-0.3, -0.25) is 0 Å². The van der Waals surface area contributed by atoms with Crippen LogP contribution in [-0.4, -0.2) is 23.8 Å². The van der Waals surface area contributed by atoms with Gasteiger partial charge >= 0.3 is 5.97 Å². The quantitative estimate of drug-likeness (QED) is 0.520. The molecule has 1 aliphatic carbocycles. The standard InChI is InChI=1S/C12H20O3/c1-5-14-9(13)12-10(2,3)7-6-8-11(12,4)15-12/h5-8H2,1-4H3. The summed E-state index contributed by atoms with van der Waals surface area (Å²) in [6.45, 7) is 8.51. The van der Waals surface area contributed by atoms with Gasteiger partial charge in [0.2, 0.25) is 0 Å². The fourth-order valence-corrected chi connectivity index (χ4v) is 3.20. The van der Waals surface area contributed by atoms with Crippen LogP contribution in [0.4, 0.5) is 0 Å². The Hall–Kier alpha value is -0.570. The number of rotatable bonds is 2. The Kier molecular flexibility index (Phi) is 2.16. The van der Waals surface area contributed by atoms with E-state index in [1.54, 1.807) is 0 Å². The number of epoxide rings is 1. The van der Waals surface area contributed by atoms with Gasteiger partial charge in [0.15, 0.2) is 5.60 Å². The molecule has 0 amide bonds. The SMILES string of the molecule is CCOC(=O)C12OC1(C)CCCC2(C)C. The molecular weight excluding hydrogens is 192 g/mol. The van der Waals surface area contributed by atoms with Crippen molar-refractivity contribution in [3.63, 3.8) is 0 Å². The first-order valence-corrected chi connectivity index (χ1v) is 5.77. The summed E-state index contributed by atoms with van der Waals surface area (Å²) in [5.74, 6) is -0.169. The maximum atomic E-state index is 12.0. The molecule has 2 unspecified atom stereocenters. The molecule has 1 heterocycles. The highest BCUT2D eigenvalue weighted by molar-refractivity contribution is 5.86. The topological polar surface area (TPSA) is 38.8 Å². The molecule has 0 aromatic heterocycles. The van der Waals surface area contributed by atoms with Gasteiger partial charge < -0.3 is 9.47 Å². The summed E-state index contributed by atoms with van der Waals surface area (Å²) in [6, 6.07) is 0. The van der Waals surface area contributed by atoms with Crippen molar-refractivity contribution >= 4 is 5.97 Å². The maximum Gasteiger partial charge on any atom is 0.342 e. The van der Waals surface area contributed by atoms with Crippen molar-refractivity contribution in [2.45, 2.75) is 58.2 Å². The number of carbonyl (C=O) groups excluding carboxylic acids is 1. The van der Waals surface area contributed by atoms with Gasteiger partial charge in [-0.25, -0.2) is 4.79 Å². The second-order valence-corrected chi connectivity index (χ2v) is 5.47. The summed E-state index contributed by atoms with van der Waals surface area (Å²) < 4.78 is 11.0. The van der Waals surface area contributed by atoms with Crippen LogP contribution < -0.4 is 0 Å². The highest BCUT2D eigenvalue weighted by atomic mass is 16.7. The zero-order valence-corrected chi connectivity index (χ0v) is 10.1. The zero-order valence-electron chi connectivity index (χ0n) is 10.1. The summed E-state index contributed by atoms with van der Waals surface area (Å²) >= 11 is 0. The third-order valence-corrected chi connectivity index (χ3v) is 4.05. The van der Waals surface area contributed by atoms with Crippen LogP contribution in [0.3, 0.4) is 0 Å². The van der Waals surface area contributed by atoms with Gasteiger partial charge in [-0.15, -0.1) is 0 Å². The van der Waals surface area contributed by atoms with Crippen molar-refractivity contribution in [3.05, 3.63) is 0 Å². The Bertz CT molecular complexity index is 297. The lowest BCUT2D eigenvalue weighted by atomic mass is 9.64. The van der Waals surface area contributed by atoms with Gasteiger partial charge in [-0.2, -0.15) is 0 Å². The van der Waals surface area contributed by atoms with Crippen LogP contribution in [0.5, 0.6) is 0 Å². The van der Waals surface area contributed by atoms with E-state index in [0.717, 1.165) is 19.3 Å². The van der Waals surface area contributed by atoms with Crippen molar-refractivity contribution in [1.29, 1.82) is 0 Å². The van der Waals surface area contributed by atoms with Gasteiger partial charge in [-0.1, -0.05) is 13.8 Å². The number of esters is 1. The molecule has 2 rings (SSSR count). The first-order chi connectivity index (χ1) is 6.90. The van der Waals surface area contributed by atoms with E-state index in [2.05, 4.69) is 13.8 Å². The molecule has 86 valence electrons. The molecule has 0 spiro atoms. The minimum absolute atomic E-state index is 0.105. The smallest absolute Gasteiger partial charge is 0.342 e. The van der Waals surface area contributed by atoms with Crippen LogP contribution in [0.15, 0.2) is 0 Å². The van der Waals surface area contributed by atoms with E-state index in [1.807, 2.05) is 13.8 Å². The molecule has 2 fully saturated rings. The fraction of sp³-hybridized carbons (Fsp3) is 0.917. The molecule has 0 aromatic carbocycles. The lowest BCUT2D eigenvalue weighted by Crippen LogP contribution is -2.49. The molecule has 0 radical (unpaired) electrons. The Morgan fingerprint density at radius 3 is 2.53 bits per heavy atom. The Labute approximate surface area is 91.1 Å². The Morgan fingerprint density at radius 2 is 2.00 bits per heavy atom. The van der Waals surface area contributed by atoms with E-state index in [0.29, 0.717) is 6.61 Å². The number of hydrogen-bond acceptors (Lipinski definition) is 3. The number of hydrogen-bond donors (Lipinski definition) is 0. The predicted octanol–water partition coefficient (Wildman–Crippen LogP) is 2.29. The average molecular weight is 212 g/mol. The fourth-order valence-electron chi connectivity index (χ4n) is 3.20. The van der Waals surface area contributed by atoms with Crippen LogP contribution in [-0.2, 0) is 14.3 Å². The highest BCUT2D eigenvalue weighted by Crippen LogP contribution is 2.65. The van der Waals surface area contributed by atoms with Gasteiger partial charge in [0.05, 0.1) is 6.61 Å². The van der Waals surface area contributed by atoms with E-state index in [9.17, 15) is 4.79 Å². The maximum absolute atomic E-state index is 12.0. The summed E-state index contributed by atoms with van der Waals surface area (Å²) in [5.41, 5.74) is -1.05. The lowest BCUT2D eigenvalue weighted by molar-refractivity contribution is -0.155. The molecule has 15 heavy (non-hydrogen) atoms. The van der Waals surface area contributed by atoms with E-state index in [4.69, 9.17) is 9.47 Å². The number of fused-ring (bicyclic) bond motifs is 1. The minimum Gasteiger partial charge on any atom is -0.464 e. The van der Waals surface area contributed by atoms with Crippen molar-refractivity contribution in [2.75, 3.05) is 6.61 Å². The zero-order chi connectivity index (χ0) is 11.3. The third kappa shape index (κ3) is 1.19. The van der Waals surface area contributed by atoms with Crippen LogP contribution >= 0.6 is 0 Å². The minimum atomic E-state index is -0.672. The van der Waals surface area contributed by atoms with Crippen molar-refractivity contribution in [1.82, 2.24) is 0 Å². The van der Waals surface area contributed by atoms with Gasteiger partial charge in [0, 0.05) is 5.41 Å². The first kappa shape index (κ1) is 10.9. The van der Waals surface area contributed by atoms with Crippen molar-refractivity contribution in [2.24, 2.45) is 5.41 Å². The van der Waals surface area contributed by atoms with Crippen LogP contribution in [0, 0.1) is 5.41 Å². The van der Waals surface area contributed by atoms with Gasteiger partial charge in [0.1, 0.15) is 5.60 Å². The average Bonchev–Trinajstić information content (AvgIpc) is 2.75. The number of carbonyl (C=O) groups is 1. The molecule has 3 nitrogen and oxygen atoms in total. The van der Waals surface area contributed by atoms with E-state index < -0.39 is 5.60 Å². The molecule has 2 atom stereocenters. The van der Waals surface area contributed by atoms with E-state index in [-0.39, 0.29) is 17.0 Å². The Morgan fingerprint density at radius 1 is 1.33 bits per heavy atom. The van der Waals surface area contributed by atoms with Gasteiger partial charge in [-0.05, 0) is 33.1 Å². The van der Waals surface area contributed by atoms with E-state index in [1.165, 1.54) is 0 Å². The second-order valence-electron chi connectivity index (χ2n) is 5.47. The van der Waals surface area contributed by atoms with E-state index >= 15 is 0 Å². The van der Waals surface area contributed by atoms with Crippen LogP contribution in [0.2, 0.25) is 0 Å².